The van der Waals surface area contributed by atoms with Gasteiger partial charge in [-0.3, -0.25) is 9.59 Å². The third-order valence-electron chi connectivity index (χ3n) is 4.79. The highest BCUT2D eigenvalue weighted by molar-refractivity contribution is 6.05. The summed E-state index contributed by atoms with van der Waals surface area (Å²) in [5.74, 6) is -0.542. The van der Waals surface area contributed by atoms with Crippen LogP contribution >= 0.6 is 0 Å². The summed E-state index contributed by atoms with van der Waals surface area (Å²) in [4.78, 5) is 28.9. The molecule has 1 aromatic heterocycles. The number of aromatic amines is 1. The summed E-state index contributed by atoms with van der Waals surface area (Å²) in [6.45, 7) is 0. The Morgan fingerprint density at radius 1 is 0.828 bits per heavy atom. The summed E-state index contributed by atoms with van der Waals surface area (Å²) in [5.41, 5.74) is 3.03. The molecule has 0 aliphatic heterocycles. The van der Waals surface area contributed by atoms with Crippen molar-refractivity contribution in [3.05, 3.63) is 102 Å². The predicted octanol–water partition coefficient (Wildman–Crippen LogP) is 4.15. The number of fused-ring (bicyclic) bond motifs is 1. The fourth-order valence-corrected chi connectivity index (χ4v) is 3.30. The first-order chi connectivity index (χ1) is 14.2. The maximum absolute atomic E-state index is 13.1. The third-order valence-corrected chi connectivity index (χ3v) is 4.79. The van der Waals surface area contributed by atoms with Gasteiger partial charge >= 0.3 is 0 Å². The number of aromatic nitrogens is 1. The average molecular weight is 383 g/mol. The van der Waals surface area contributed by atoms with Gasteiger partial charge in [0, 0.05) is 23.6 Å². The van der Waals surface area contributed by atoms with Crippen molar-refractivity contribution in [2.75, 3.05) is 5.32 Å². The van der Waals surface area contributed by atoms with E-state index in [4.69, 9.17) is 0 Å². The Morgan fingerprint density at radius 2 is 1.55 bits per heavy atom. The lowest BCUT2D eigenvalue weighted by atomic mass is 10.0. The number of nitrogens with one attached hydrogen (secondary N) is 3. The Labute approximate surface area is 168 Å². The highest BCUT2D eigenvalue weighted by Crippen LogP contribution is 2.22. The van der Waals surface area contributed by atoms with Crippen LogP contribution in [0.5, 0.6) is 0 Å². The van der Waals surface area contributed by atoms with E-state index in [0.717, 1.165) is 16.5 Å². The molecule has 144 valence electrons. The first-order valence-corrected chi connectivity index (χ1v) is 9.47. The van der Waals surface area contributed by atoms with Crippen LogP contribution in [0, 0.1) is 0 Å². The molecule has 4 aromatic rings. The molecule has 2 amide bonds. The van der Waals surface area contributed by atoms with Crippen LogP contribution in [0.2, 0.25) is 0 Å². The van der Waals surface area contributed by atoms with Crippen LogP contribution in [-0.2, 0) is 11.2 Å². The van der Waals surface area contributed by atoms with E-state index in [2.05, 4.69) is 15.6 Å². The number of amides is 2. The number of anilines is 1. The zero-order valence-electron chi connectivity index (χ0n) is 15.8. The van der Waals surface area contributed by atoms with Gasteiger partial charge < -0.3 is 15.6 Å². The van der Waals surface area contributed by atoms with Crippen molar-refractivity contribution in [3.8, 4) is 0 Å². The van der Waals surface area contributed by atoms with Gasteiger partial charge in [-0.2, -0.15) is 0 Å². The zero-order chi connectivity index (χ0) is 20.1. The van der Waals surface area contributed by atoms with Gasteiger partial charge in [-0.05, 0) is 29.8 Å². The highest BCUT2D eigenvalue weighted by Gasteiger charge is 2.22. The van der Waals surface area contributed by atoms with E-state index in [9.17, 15) is 9.59 Å². The molecule has 5 nitrogen and oxygen atoms in total. The standard InChI is InChI=1S/C24H21N3O2/c28-23(19-10-5-2-6-11-19)27-21(16-17-8-3-1-4-9-17)24(29)26-20-13-7-12-18-14-15-25-22(18)20/h1-15,21,25H,16H2,(H,26,29)(H,27,28). The minimum atomic E-state index is -0.713. The molecule has 29 heavy (non-hydrogen) atoms. The van der Waals surface area contributed by atoms with Crippen molar-refractivity contribution in [3.63, 3.8) is 0 Å². The second kappa shape index (κ2) is 8.44. The van der Waals surface area contributed by atoms with E-state index in [1.165, 1.54) is 0 Å². The van der Waals surface area contributed by atoms with E-state index in [-0.39, 0.29) is 11.8 Å². The first-order valence-electron chi connectivity index (χ1n) is 9.47. The Morgan fingerprint density at radius 3 is 2.31 bits per heavy atom. The number of carbonyl (C=O) groups excluding carboxylic acids is 2. The SMILES string of the molecule is O=C(NC(Cc1ccccc1)C(=O)Nc1cccc2cc[nH]c12)c1ccccc1. The summed E-state index contributed by atoms with van der Waals surface area (Å²) < 4.78 is 0. The van der Waals surface area contributed by atoms with E-state index in [0.29, 0.717) is 17.7 Å². The number of para-hydroxylation sites is 1. The molecular weight excluding hydrogens is 362 g/mol. The molecule has 0 fully saturated rings. The van der Waals surface area contributed by atoms with Crippen molar-refractivity contribution < 1.29 is 9.59 Å². The van der Waals surface area contributed by atoms with Crippen molar-refractivity contribution >= 4 is 28.4 Å². The molecule has 0 aliphatic rings. The maximum atomic E-state index is 13.1. The van der Waals surface area contributed by atoms with Crippen LogP contribution < -0.4 is 10.6 Å². The minimum Gasteiger partial charge on any atom is -0.359 e. The Kier molecular flexibility index (Phi) is 5.38. The molecule has 1 heterocycles. The van der Waals surface area contributed by atoms with Crippen molar-refractivity contribution in [1.82, 2.24) is 10.3 Å². The van der Waals surface area contributed by atoms with E-state index in [1.54, 1.807) is 24.3 Å². The average Bonchev–Trinajstić information content (AvgIpc) is 3.24. The number of rotatable bonds is 6. The largest absolute Gasteiger partial charge is 0.359 e. The fourth-order valence-electron chi connectivity index (χ4n) is 3.30. The summed E-state index contributed by atoms with van der Waals surface area (Å²) in [6, 6.07) is 25.5. The van der Waals surface area contributed by atoms with Crippen LogP contribution in [0.4, 0.5) is 5.69 Å². The molecule has 1 unspecified atom stereocenters. The number of carbonyl (C=O) groups is 2. The van der Waals surface area contributed by atoms with Crippen LogP contribution in [0.15, 0.2) is 91.1 Å². The van der Waals surface area contributed by atoms with E-state index < -0.39 is 6.04 Å². The van der Waals surface area contributed by atoms with Crippen molar-refractivity contribution in [2.45, 2.75) is 12.5 Å². The Hall–Kier alpha value is -3.86. The molecule has 3 N–H and O–H groups in total. The van der Waals surface area contributed by atoms with Gasteiger partial charge in [0.1, 0.15) is 6.04 Å². The van der Waals surface area contributed by atoms with Crippen LogP contribution in [-0.4, -0.2) is 22.8 Å². The second-order valence-corrected chi connectivity index (χ2v) is 6.82. The summed E-state index contributed by atoms with van der Waals surface area (Å²) in [5, 5.41) is 6.86. The van der Waals surface area contributed by atoms with Crippen LogP contribution in [0.1, 0.15) is 15.9 Å². The van der Waals surface area contributed by atoms with Crippen molar-refractivity contribution in [2.24, 2.45) is 0 Å². The maximum Gasteiger partial charge on any atom is 0.251 e. The first kappa shape index (κ1) is 18.5. The molecule has 0 saturated carbocycles. The smallest absolute Gasteiger partial charge is 0.251 e. The lowest BCUT2D eigenvalue weighted by Gasteiger charge is -2.19. The molecule has 0 bridgehead atoms. The van der Waals surface area contributed by atoms with Crippen molar-refractivity contribution in [1.29, 1.82) is 0 Å². The van der Waals surface area contributed by atoms with Gasteiger partial charge in [0.15, 0.2) is 0 Å². The van der Waals surface area contributed by atoms with Crippen LogP contribution in [0.3, 0.4) is 0 Å². The minimum absolute atomic E-state index is 0.264. The normalized spacial score (nSPS) is 11.7. The van der Waals surface area contributed by atoms with Gasteiger partial charge in [-0.25, -0.2) is 0 Å². The molecule has 0 saturated heterocycles. The lowest BCUT2D eigenvalue weighted by Crippen LogP contribution is -2.45. The molecule has 1 atom stereocenters. The molecule has 5 heteroatoms. The zero-order valence-corrected chi connectivity index (χ0v) is 15.8. The number of H-pyrrole nitrogens is 1. The molecule has 0 radical (unpaired) electrons. The quantitative estimate of drug-likeness (QED) is 0.468. The molecular formula is C24H21N3O2. The topological polar surface area (TPSA) is 74.0 Å². The fraction of sp³-hybridized carbons (Fsp3) is 0.0833. The molecule has 0 aliphatic carbocycles. The Balaban J connectivity index is 1.57. The Bertz CT molecular complexity index is 1120. The van der Waals surface area contributed by atoms with E-state index in [1.807, 2.05) is 66.9 Å². The van der Waals surface area contributed by atoms with Crippen LogP contribution in [0.25, 0.3) is 10.9 Å². The van der Waals surface area contributed by atoms with Gasteiger partial charge in [0.2, 0.25) is 5.91 Å². The number of benzene rings is 3. The summed E-state index contributed by atoms with van der Waals surface area (Å²) >= 11 is 0. The summed E-state index contributed by atoms with van der Waals surface area (Å²) in [7, 11) is 0. The lowest BCUT2D eigenvalue weighted by molar-refractivity contribution is -0.118. The van der Waals surface area contributed by atoms with Gasteiger partial charge in [0.05, 0.1) is 11.2 Å². The highest BCUT2D eigenvalue weighted by atomic mass is 16.2. The molecule has 0 spiro atoms. The number of hydrogen-bond donors (Lipinski definition) is 3. The third kappa shape index (κ3) is 4.35. The number of hydrogen-bond acceptors (Lipinski definition) is 2. The second-order valence-electron chi connectivity index (χ2n) is 6.82. The van der Waals surface area contributed by atoms with Gasteiger partial charge in [-0.1, -0.05) is 60.7 Å². The van der Waals surface area contributed by atoms with Gasteiger partial charge in [-0.15, -0.1) is 0 Å². The van der Waals surface area contributed by atoms with Gasteiger partial charge in [0.25, 0.3) is 5.91 Å². The summed E-state index contributed by atoms with van der Waals surface area (Å²) in [6.07, 6.45) is 2.23. The molecule has 4 rings (SSSR count). The van der Waals surface area contributed by atoms with E-state index >= 15 is 0 Å². The monoisotopic (exact) mass is 383 g/mol. The molecule has 3 aromatic carbocycles. The predicted molar refractivity (Wildman–Crippen MR) is 115 cm³/mol.